The molecule has 0 aliphatic carbocycles. The van der Waals surface area contributed by atoms with Crippen LogP contribution in [0.5, 0.6) is 0 Å². The Morgan fingerprint density at radius 2 is 2.21 bits per heavy atom. The molecule has 0 aromatic heterocycles. The molecule has 0 fully saturated rings. The molecule has 0 unspecified atom stereocenters. The predicted molar refractivity (Wildman–Crippen MR) is 49.3 cm³/mol. The lowest BCUT2D eigenvalue weighted by Crippen LogP contribution is -2.22. The van der Waals surface area contributed by atoms with Gasteiger partial charge in [0.1, 0.15) is 5.82 Å². The molecule has 0 heterocycles. The van der Waals surface area contributed by atoms with Gasteiger partial charge in [-0.05, 0) is 6.07 Å². The number of hydrogen-bond donors (Lipinski definition) is 3. The summed E-state index contributed by atoms with van der Waals surface area (Å²) in [6, 6.07) is 3.38. The van der Waals surface area contributed by atoms with Gasteiger partial charge in [0, 0.05) is 18.2 Å². The highest BCUT2D eigenvalue weighted by molar-refractivity contribution is 5.88. The Bertz CT molecular complexity index is 355. The fraction of sp³-hybridized carbons (Fsp3) is 0.222. The van der Waals surface area contributed by atoms with E-state index in [4.69, 9.17) is 16.6 Å². The van der Waals surface area contributed by atoms with Gasteiger partial charge in [-0.3, -0.25) is 0 Å². The number of aromatic carboxylic acids is 1. The lowest BCUT2D eigenvalue weighted by molar-refractivity contribution is 0.0691. The minimum Gasteiger partial charge on any atom is -0.478 e. The Morgan fingerprint density at radius 1 is 1.57 bits per heavy atom. The van der Waals surface area contributed by atoms with Crippen molar-refractivity contribution in [2.24, 2.45) is 11.5 Å². The molecule has 0 bridgehead atoms. The smallest absolute Gasteiger partial charge is 0.338 e. The summed E-state index contributed by atoms with van der Waals surface area (Å²) in [6.45, 7) is 0.0694. The van der Waals surface area contributed by atoms with Crippen LogP contribution >= 0.6 is 0 Å². The van der Waals surface area contributed by atoms with Crippen LogP contribution in [0.15, 0.2) is 18.2 Å². The molecule has 4 nitrogen and oxygen atoms in total. The Kier molecular flexibility index (Phi) is 3.16. The SMILES string of the molecule is NC[C@@H](N)c1cccc(C(=O)O)c1F. The first-order valence-corrected chi connectivity index (χ1v) is 4.05. The van der Waals surface area contributed by atoms with Gasteiger partial charge in [0.05, 0.1) is 5.56 Å². The molecule has 0 aliphatic heterocycles. The fourth-order valence-corrected chi connectivity index (χ4v) is 1.13. The maximum absolute atomic E-state index is 13.4. The van der Waals surface area contributed by atoms with Crippen LogP contribution in [0.2, 0.25) is 0 Å². The van der Waals surface area contributed by atoms with Gasteiger partial charge in [0.15, 0.2) is 0 Å². The van der Waals surface area contributed by atoms with Gasteiger partial charge in [-0.2, -0.15) is 0 Å². The van der Waals surface area contributed by atoms with Gasteiger partial charge in [-0.15, -0.1) is 0 Å². The van der Waals surface area contributed by atoms with Crippen LogP contribution in [0.4, 0.5) is 4.39 Å². The van der Waals surface area contributed by atoms with Crippen molar-refractivity contribution in [3.8, 4) is 0 Å². The molecule has 0 amide bonds. The zero-order valence-electron chi connectivity index (χ0n) is 7.40. The Balaban J connectivity index is 3.20. The van der Waals surface area contributed by atoms with Crippen molar-refractivity contribution in [2.75, 3.05) is 6.54 Å². The first-order valence-electron chi connectivity index (χ1n) is 4.05. The van der Waals surface area contributed by atoms with Crippen molar-refractivity contribution in [1.29, 1.82) is 0 Å². The lowest BCUT2D eigenvalue weighted by Gasteiger charge is -2.11. The summed E-state index contributed by atoms with van der Waals surface area (Å²) < 4.78 is 13.4. The molecule has 76 valence electrons. The van der Waals surface area contributed by atoms with E-state index < -0.39 is 17.8 Å². The molecule has 14 heavy (non-hydrogen) atoms. The molecule has 1 aromatic rings. The first kappa shape index (κ1) is 10.6. The molecule has 1 rings (SSSR count). The summed E-state index contributed by atoms with van der Waals surface area (Å²) in [5.41, 5.74) is 10.5. The van der Waals surface area contributed by atoms with Gasteiger partial charge < -0.3 is 16.6 Å². The number of rotatable bonds is 3. The third kappa shape index (κ3) is 1.89. The maximum atomic E-state index is 13.4. The van der Waals surface area contributed by atoms with Crippen LogP contribution in [0.25, 0.3) is 0 Å². The monoisotopic (exact) mass is 198 g/mol. The van der Waals surface area contributed by atoms with Crippen molar-refractivity contribution >= 4 is 5.97 Å². The zero-order valence-corrected chi connectivity index (χ0v) is 7.40. The molecule has 0 saturated carbocycles. The van der Waals surface area contributed by atoms with E-state index in [-0.39, 0.29) is 17.7 Å². The van der Waals surface area contributed by atoms with E-state index in [2.05, 4.69) is 0 Å². The number of nitrogens with two attached hydrogens (primary N) is 2. The van der Waals surface area contributed by atoms with Crippen LogP contribution in [0.1, 0.15) is 22.0 Å². The Labute approximate surface area is 80.3 Å². The molecule has 0 radical (unpaired) electrons. The summed E-state index contributed by atoms with van der Waals surface area (Å²) in [5.74, 6) is -2.12. The predicted octanol–water partition coefficient (Wildman–Crippen LogP) is 0.482. The van der Waals surface area contributed by atoms with Gasteiger partial charge in [-0.25, -0.2) is 9.18 Å². The number of benzene rings is 1. The van der Waals surface area contributed by atoms with Crippen LogP contribution < -0.4 is 11.5 Å². The van der Waals surface area contributed by atoms with E-state index in [0.717, 1.165) is 0 Å². The molecular formula is C9H11FN2O2. The Hall–Kier alpha value is -1.46. The first-order chi connectivity index (χ1) is 6.57. The van der Waals surface area contributed by atoms with E-state index in [1.54, 1.807) is 0 Å². The van der Waals surface area contributed by atoms with Crippen molar-refractivity contribution < 1.29 is 14.3 Å². The molecule has 1 atom stereocenters. The van der Waals surface area contributed by atoms with E-state index in [0.29, 0.717) is 0 Å². The van der Waals surface area contributed by atoms with Crippen LogP contribution in [-0.4, -0.2) is 17.6 Å². The van der Waals surface area contributed by atoms with E-state index in [9.17, 15) is 9.18 Å². The minimum atomic E-state index is -1.31. The van der Waals surface area contributed by atoms with E-state index in [1.807, 2.05) is 0 Å². The van der Waals surface area contributed by atoms with Crippen molar-refractivity contribution in [3.63, 3.8) is 0 Å². The number of carboxylic acid groups (broad SMARTS) is 1. The number of halogens is 1. The summed E-state index contributed by atoms with van der Waals surface area (Å²) in [4.78, 5) is 10.6. The Morgan fingerprint density at radius 3 is 2.71 bits per heavy atom. The summed E-state index contributed by atoms with van der Waals surface area (Å²) >= 11 is 0. The molecular weight excluding hydrogens is 187 g/mol. The van der Waals surface area contributed by atoms with Crippen molar-refractivity contribution in [3.05, 3.63) is 35.1 Å². The average Bonchev–Trinajstić information content (AvgIpc) is 2.16. The second-order valence-corrected chi connectivity index (χ2v) is 2.86. The second-order valence-electron chi connectivity index (χ2n) is 2.86. The topological polar surface area (TPSA) is 89.3 Å². The molecule has 1 aromatic carbocycles. The van der Waals surface area contributed by atoms with E-state index in [1.165, 1.54) is 18.2 Å². The zero-order chi connectivity index (χ0) is 10.7. The third-order valence-electron chi connectivity index (χ3n) is 1.91. The minimum absolute atomic E-state index is 0.0694. The largest absolute Gasteiger partial charge is 0.478 e. The van der Waals surface area contributed by atoms with Crippen LogP contribution in [-0.2, 0) is 0 Å². The van der Waals surface area contributed by atoms with Gasteiger partial charge in [0.2, 0.25) is 0 Å². The highest BCUT2D eigenvalue weighted by Crippen LogP contribution is 2.17. The second kappa shape index (κ2) is 4.17. The summed E-state index contributed by atoms with van der Waals surface area (Å²) in [6.07, 6.45) is 0. The lowest BCUT2D eigenvalue weighted by atomic mass is 10.0. The summed E-state index contributed by atoms with van der Waals surface area (Å²) in [5, 5.41) is 8.63. The number of carboxylic acids is 1. The average molecular weight is 198 g/mol. The van der Waals surface area contributed by atoms with Crippen LogP contribution in [0, 0.1) is 5.82 Å². The molecule has 0 spiro atoms. The van der Waals surface area contributed by atoms with E-state index >= 15 is 0 Å². The molecule has 5 heteroatoms. The molecule has 0 saturated heterocycles. The van der Waals surface area contributed by atoms with Crippen LogP contribution in [0.3, 0.4) is 0 Å². The van der Waals surface area contributed by atoms with Crippen molar-refractivity contribution in [1.82, 2.24) is 0 Å². The standard InChI is InChI=1S/C9H11FN2O2/c10-8-5(7(12)4-11)2-1-3-6(8)9(13)14/h1-3,7H,4,11-12H2,(H,13,14)/t7-/m1/s1. The van der Waals surface area contributed by atoms with Crippen molar-refractivity contribution in [2.45, 2.75) is 6.04 Å². The molecule has 5 N–H and O–H groups in total. The summed E-state index contributed by atoms with van der Waals surface area (Å²) in [7, 11) is 0. The highest BCUT2D eigenvalue weighted by Gasteiger charge is 2.16. The van der Waals surface area contributed by atoms with Gasteiger partial charge in [0.25, 0.3) is 0 Å². The number of hydrogen-bond acceptors (Lipinski definition) is 3. The molecule has 0 aliphatic rings. The van der Waals surface area contributed by atoms with Gasteiger partial charge >= 0.3 is 5.97 Å². The third-order valence-corrected chi connectivity index (χ3v) is 1.91. The van der Waals surface area contributed by atoms with Gasteiger partial charge in [-0.1, -0.05) is 12.1 Å². The highest BCUT2D eigenvalue weighted by atomic mass is 19.1. The number of carbonyl (C=O) groups is 1. The fourth-order valence-electron chi connectivity index (χ4n) is 1.13. The maximum Gasteiger partial charge on any atom is 0.338 e. The normalized spacial score (nSPS) is 12.5. The quantitative estimate of drug-likeness (QED) is 0.659.